The lowest BCUT2D eigenvalue weighted by Gasteiger charge is -2.46. The zero-order valence-electron chi connectivity index (χ0n) is 18.7. The Kier molecular flexibility index (Phi) is 7.10. The summed E-state index contributed by atoms with van der Waals surface area (Å²) in [5, 5.41) is 9.48. The summed E-state index contributed by atoms with van der Waals surface area (Å²) < 4.78 is 22.9. The number of hydrogen-bond acceptors (Lipinski definition) is 5. The Bertz CT molecular complexity index is 869. The Hall–Kier alpha value is -2.44. The summed E-state index contributed by atoms with van der Waals surface area (Å²) in [5.74, 6) is 2.99. The van der Waals surface area contributed by atoms with E-state index in [0.717, 1.165) is 59.8 Å². The van der Waals surface area contributed by atoms with Crippen LogP contribution in [0.1, 0.15) is 29.2 Å². The van der Waals surface area contributed by atoms with Gasteiger partial charge < -0.3 is 28.5 Å². The van der Waals surface area contributed by atoms with Crippen LogP contribution in [0.4, 0.5) is 0 Å². The molecular weight excluding hydrogens is 382 g/mol. The largest absolute Gasteiger partial charge is 0.493 e. The zero-order chi connectivity index (χ0) is 21.7. The normalized spacial score (nSPS) is 20.4. The highest BCUT2D eigenvalue weighted by atomic mass is 16.5. The monoisotopic (exact) mass is 416 g/mol. The molecule has 1 N–H and O–H groups in total. The summed E-state index contributed by atoms with van der Waals surface area (Å²) in [6, 6.07) is 10.6. The van der Waals surface area contributed by atoms with Gasteiger partial charge in [-0.3, -0.25) is 0 Å². The van der Waals surface area contributed by atoms with Gasteiger partial charge >= 0.3 is 0 Å². The van der Waals surface area contributed by atoms with Gasteiger partial charge in [-0.15, -0.1) is 0 Å². The van der Waals surface area contributed by atoms with Gasteiger partial charge in [0.25, 0.3) is 0 Å². The Balaban J connectivity index is 2.05. The van der Waals surface area contributed by atoms with Crippen molar-refractivity contribution in [3.8, 4) is 23.0 Å². The van der Waals surface area contributed by atoms with Crippen molar-refractivity contribution in [2.45, 2.75) is 25.3 Å². The van der Waals surface area contributed by atoms with Crippen LogP contribution in [0.3, 0.4) is 0 Å². The van der Waals surface area contributed by atoms with Gasteiger partial charge in [0, 0.05) is 31.4 Å². The maximum atomic E-state index is 9.48. The third-order valence-electron chi connectivity index (χ3n) is 6.35. The molecule has 1 aliphatic rings. The minimum Gasteiger partial charge on any atom is -0.493 e. The Labute approximate surface area is 179 Å². The van der Waals surface area contributed by atoms with E-state index in [2.05, 4.69) is 31.3 Å². The fraction of sp³-hybridized carbons (Fsp3) is 0.500. The summed E-state index contributed by atoms with van der Waals surface area (Å²) >= 11 is 0. The molecule has 0 aromatic heterocycles. The SMILES string of the molecule is COc1ccc(C[C@@H]2c3cc(OC)c(OC)cc3CC[N@@+]2(C)CCCO)cc1OC. The van der Waals surface area contributed by atoms with Crippen molar-refractivity contribution in [1.82, 2.24) is 0 Å². The first-order valence-electron chi connectivity index (χ1n) is 10.4. The number of aliphatic hydroxyl groups excluding tert-OH is 1. The zero-order valence-corrected chi connectivity index (χ0v) is 18.7. The number of quaternary nitrogens is 1. The summed E-state index contributed by atoms with van der Waals surface area (Å²) in [6.45, 7) is 2.14. The third kappa shape index (κ3) is 4.35. The molecular formula is C24H34NO5+. The molecule has 0 unspecified atom stereocenters. The van der Waals surface area contributed by atoms with E-state index in [1.54, 1.807) is 28.4 Å². The number of aliphatic hydroxyl groups is 1. The molecule has 3 rings (SSSR count). The molecule has 2 atom stereocenters. The molecule has 6 heteroatoms. The second-order valence-electron chi connectivity index (χ2n) is 8.07. The average molecular weight is 417 g/mol. The van der Waals surface area contributed by atoms with Gasteiger partial charge in [0.05, 0.1) is 48.6 Å². The number of fused-ring (bicyclic) bond motifs is 1. The van der Waals surface area contributed by atoms with Gasteiger partial charge in [0.15, 0.2) is 23.0 Å². The van der Waals surface area contributed by atoms with Crippen LogP contribution in [0, 0.1) is 0 Å². The van der Waals surface area contributed by atoms with Gasteiger partial charge in [-0.2, -0.15) is 0 Å². The van der Waals surface area contributed by atoms with Crippen LogP contribution in [-0.4, -0.2) is 64.8 Å². The first-order valence-corrected chi connectivity index (χ1v) is 10.4. The van der Waals surface area contributed by atoms with Gasteiger partial charge in [-0.1, -0.05) is 6.07 Å². The van der Waals surface area contributed by atoms with Crippen LogP contribution in [0.15, 0.2) is 30.3 Å². The fourth-order valence-electron chi connectivity index (χ4n) is 4.59. The van der Waals surface area contributed by atoms with Crippen molar-refractivity contribution in [3.05, 3.63) is 47.0 Å². The predicted molar refractivity (Wildman–Crippen MR) is 117 cm³/mol. The topological polar surface area (TPSA) is 57.2 Å². The minimum absolute atomic E-state index is 0.204. The second kappa shape index (κ2) is 9.58. The molecule has 30 heavy (non-hydrogen) atoms. The Morgan fingerprint density at radius 3 is 2.17 bits per heavy atom. The van der Waals surface area contributed by atoms with Crippen LogP contribution in [0.2, 0.25) is 0 Å². The average Bonchev–Trinajstić information content (AvgIpc) is 2.78. The van der Waals surface area contributed by atoms with E-state index in [1.165, 1.54) is 16.7 Å². The lowest BCUT2D eigenvalue weighted by molar-refractivity contribution is -0.941. The lowest BCUT2D eigenvalue weighted by atomic mass is 9.86. The van der Waals surface area contributed by atoms with Crippen LogP contribution in [0.5, 0.6) is 23.0 Å². The quantitative estimate of drug-likeness (QED) is 0.635. The first-order chi connectivity index (χ1) is 14.5. The van der Waals surface area contributed by atoms with Gasteiger partial charge in [0.1, 0.15) is 6.04 Å². The van der Waals surface area contributed by atoms with Gasteiger partial charge in [-0.05, 0) is 35.4 Å². The highest BCUT2D eigenvalue weighted by molar-refractivity contribution is 5.50. The van der Waals surface area contributed by atoms with E-state index in [-0.39, 0.29) is 12.6 Å². The molecule has 2 aromatic carbocycles. The number of rotatable bonds is 9. The summed E-state index contributed by atoms with van der Waals surface area (Å²) in [6.07, 6.45) is 2.60. The smallest absolute Gasteiger partial charge is 0.161 e. The van der Waals surface area contributed by atoms with Crippen molar-refractivity contribution in [2.75, 3.05) is 55.2 Å². The molecule has 0 aliphatic carbocycles. The third-order valence-corrected chi connectivity index (χ3v) is 6.35. The molecule has 6 nitrogen and oxygen atoms in total. The summed E-state index contributed by atoms with van der Waals surface area (Å²) in [7, 11) is 8.96. The van der Waals surface area contributed by atoms with E-state index < -0.39 is 0 Å². The molecule has 0 bridgehead atoms. The molecule has 0 spiro atoms. The van der Waals surface area contributed by atoms with Crippen molar-refractivity contribution in [1.29, 1.82) is 0 Å². The lowest BCUT2D eigenvalue weighted by Crippen LogP contribution is -2.52. The molecule has 164 valence electrons. The predicted octanol–water partition coefficient (Wildman–Crippen LogP) is 3.39. The maximum absolute atomic E-state index is 9.48. The van der Waals surface area contributed by atoms with E-state index >= 15 is 0 Å². The van der Waals surface area contributed by atoms with Crippen molar-refractivity contribution < 1.29 is 28.5 Å². The van der Waals surface area contributed by atoms with Crippen LogP contribution < -0.4 is 18.9 Å². The molecule has 2 aromatic rings. The van der Waals surface area contributed by atoms with Crippen molar-refractivity contribution in [2.24, 2.45) is 0 Å². The molecule has 0 fully saturated rings. The molecule has 1 heterocycles. The van der Waals surface area contributed by atoms with E-state index in [1.807, 2.05) is 6.07 Å². The Morgan fingerprint density at radius 1 is 0.900 bits per heavy atom. The van der Waals surface area contributed by atoms with Crippen molar-refractivity contribution >= 4 is 0 Å². The fourth-order valence-corrected chi connectivity index (χ4v) is 4.59. The first kappa shape index (κ1) is 22.2. The highest BCUT2D eigenvalue weighted by Crippen LogP contribution is 2.43. The number of benzene rings is 2. The standard InChI is InChI=1S/C24H34NO5/c1-25(10-6-12-26)11-9-18-15-23(29-4)24(30-5)16-19(18)20(25)13-17-7-8-21(27-2)22(14-17)28-3/h7-8,14-16,20,26H,6,9-13H2,1-5H3/q+1/t20-,25-/m1/s1. The van der Waals surface area contributed by atoms with Gasteiger partial charge in [-0.25, -0.2) is 0 Å². The second-order valence-corrected chi connectivity index (χ2v) is 8.07. The number of methoxy groups -OCH3 is 4. The number of likely N-dealkylation sites (N-methyl/N-ethyl adjacent to an activating group) is 1. The van der Waals surface area contributed by atoms with Crippen LogP contribution in [-0.2, 0) is 12.8 Å². The summed E-state index contributed by atoms with van der Waals surface area (Å²) in [5.41, 5.74) is 3.78. The van der Waals surface area contributed by atoms with E-state index in [0.29, 0.717) is 0 Å². The number of hydrogen-bond donors (Lipinski definition) is 1. The number of ether oxygens (including phenoxy) is 4. The maximum Gasteiger partial charge on any atom is 0.161 e. The molecule has 0 amide bonds. The van der Waals surface area contributed by atoms with Crippen LogP contribution >= 0.6 is 0 Å². The summed E-state index contributed by atoms with van der Waals surface area (Å²) in [4.78, 5) is 0. The minimum atomic E-state index is 0.204. The van der Waals surface area contributed by atoms with Crippen molar-refractivity contribution in [3.63, 3.8) is 0 Å². The van der Waals surface area contributed by atoms with E-state index in [9.17, 15) is 5.11 Å². The number of nitrogens with zero attached hydrogens (tertiary/aromatic N) is 1. The molecule has 0 saturated heterocycles. The highest BCUT2D eigenvalue weighted by Gasteiger charge is 2.39. The van der Waals surface area contributed by atoms with Crippen LogP contribution in [0.25, 0.3) is 0 Å². The van der Waals surface area contributed by atoms with E-state index in [4.69, 9.17) is 18.9 Å². The molecule has 1 aliphatic heterocycles. The van der Waals surface area contributed by atoms with Gasteiger partial charge in [0.2, 0.25) is 0 Å². The Morgan fingerprint density at radius 2 is 1.53 bits per heavy atom. The molecule has 0 radical (unpaired) electrons. The molecule has 0 saturated carbocycles.